The number of alkyl carbamates (subject to hydrolysis) is 2. The highest BCUT2D eigenvalue weighted by molar-refractivity contribution is 5.84. The number of hydrogen-bond donors (Lipinski definition) is 2. The van der Waals surface area contributed by atoms with E-state index in [1.54, 1.807) is 54.7 Å². The Morgan fingerprint density at radius 2 is 1.27 bits per heavy atom. The zero-order chi connectivity index (χ0) is 38.7. The second-order valence-electron chi connectivity index (χ2n) is 16.0. The fourth-order valence-corrected chi connectivity index (χ4v) is 6.36. The molecule has 286 valence electrons. The number of ether oxygens (including phenoxy) is 6. The maximum Gasteiger partial charge on any atom is 0.408 e. The van der Waals surface area contributed by atoms with Crippen LogP contribution in [0.25, 0.3) is 0 Å². The van der Waals surface area contributed by atoms with Gasteiger partial charge in [0.1, 0.15) is 23.3 Å². The Balaban J connectivity index is 1.58. The first-order valence-corrected chi connectivity index (χ1v) is 17.8. The summed E-state index contributed by atoms with van der Waals surface area (Å²) in [5.41, 5.74) is 2.57. The number of amides is 2. The minimum atomic E-state index is -0.951. The van der Waals surface area contributed by atoms with Crippen LogP contribution in [-0.2, 0) is 38.4 Å². The van der Waals surface area contributed by atoms with E-state index in [4.69, 9.17) is 28.4 Å². The molecule has 3 atom stereocenters. The highest BCUT2D eigenvalue weighted by Crippen LogP contribution is 2.46. The maximum atomic E-state index is 13.5. The van der Waals surface area contributed by atoms with E-state index in [2.05, 4.69) is 15.5 Å². The van der Waals surface area contributed by atoms with E-state index in [-0.39, 0.29) is 29.4 Å². The summed E-state index contributed by atoms with van der Waals surface area (Å²) in [6, 6.07) is 5.48. The van der Waals surface area contributed by atoms with Crippen LogP contribution in [0.1, 0.15) is 97.5 Å². The van der Waals surface area contributed by atoms with Crippen LogP contribution in [-0.4, -0.2) is 73.1 Å². The predicted molar refractivity (Wildman–Crippen MR) is 194 cm³/mol. The van der Waals surface area contributed by atoms with Crippen LogP contribution in [0.15, 0.2) is 24.3 Å². The third kappa shape index (κ3) is 9.87. The third-order valence-electron chi connectivity index (χ3n) is 8.80. The van der Waals surface area contributed by atoms with Gasteiger partial charge in [-0.05, 0) is 101 Å². The van der Waals surface area contributed by atoms with Gasteiger partial charge in [0.05, 0.1) is 14.2 Å². The molecule has 2 amide bonds. The van der Waals surface area contributed by atoms with Crippen molar-refractivity contribution < 1.29 is 47.6 Å². The number of fused-ring (bicyclic) bond motifs is 4. The lowest BCUT2D eigenvalue weighted by Gasteiger charge is -2.42. The van der Waals surface area contributed by atoms with Crippen LogP contribution < -0.4 is 29.6 Å². The Morgan fingerprint density at radius 3 is 1.75 bits per heavy atom. The van der Waals surface area contributed by atoms with Gasteiger partial charge < -0.3 is 39.1 Å². The lowest BCUT2D eigenvalue weighted by atomic mass is 9.83. The minimum absolute atomic E-state index is 0.0400. The van der Waals surface area contributed by atoms with Crippen molar-refractivity contribution in [1.29, 1.82) is 0 Å². The highest BCUT2D eigenvalue weighted by atomic mass is 16.6. The molecule has 4 rings (SSSR count). The maximum absolute atomic E-state index is 13.5. The summed E-state index contributed by atoms with van der Waals surface area (Å²) in [7, 11) is 3.07. The Kier molecular flexibility index (Phi) is 12.4. The summed E-state index contributed by atoms with van der Waals surface area (Å²) in [5.74, 6) is -0.400. The fourth-order valence-electron chi connectivity index (χ4n) is 6.36. The van der Waals surface area contributed by atoms with Crippen molar-refractivity contribution >= 4 is 24.1 Å². The van der Waals surface area contributed by atoms with Gasteiger partial charge in [-0.1, -0.05) is 33.8 Å². The predicted octanol–water partition coefficient (Wildman–Crippen LogP) is 6.27. The molecule has 0 spiro atoms. The lowest BCUT2D eigenvalue weighted by Crippen LogP contribution is -2.48. The van der Waals surface area contributed by atoms with Gasteiger partial charge in [-0.2, -0.15) is 0 Å². The van der Waals surface area contributed by atoms with Gasteiger partial charge in [0.2, 0.25) is 0 Å². The lowest BCUT2D eigenvalue weighted by molar-refractivity contribution is -0.138. The first kappa shape index (κ1) is 40.3. The standard InChI is InChI=1S/C39H55N3O10/c1-21(2)31(40-36(45)51-38(5,6)7)34(43)49-28-14-13-23-17-27-25-19-30(50-35(44)32(22(3)4)41-37(46)52-39(8,9)10)29(47-11)18-24(25)15-16-42(27)20-26(23)33(28)48-12/h13-14,18-19,21-22,27,31-32H,15-17,20H2,1-12H3,(H,40,45)(H,41,46)/t27?,31-,32-/m0/s1. The molecule has 2 heterocycles. The number of esters is 2. The molecule has 0 aromatic heterocycles. The first-order chi connectivity index (χ1) is 24.2. The summed E-state index contributed by atoms with van der Waals surface area (Å²) in [5, 5.41) is 5.29. The fraction of sp³-hybridized carbons (Fsp3) is 0.590. The Bertz CT molecular complexity index is 1660. The van der Waals surface area contributed by atoms with Gasteiger partial charge in [-0.15, -0.1) is 0 Å². The monoisotopic (exact) mass is 725 g/mol. The SMILES string of the molecule is COc1cc2c(cc1OC(=O)[C@@H](NC(=O)OC(C)(C)C)C(C)C)C1Cc3ccc(OC(=O)[C@@H](NC(=O)OC(C)(C)C)C(C)C)c(OC)c3CN1CC2. The van der Waals surface area contributed by atoms with E-state index in [1.807, 2.05) is 45.9 Å². The average Bonchev–Trinajstić information content (AvgIpc) is 3.02. The molecule has 0 aliphatic carbocycles. The zero-order valence-electron chi connectivity index (χ0n) is 32.6. The van der Waals surface area contributed by atoms with Crippen LogP contribution in [0.4, 0.5) is 9.59 Å². The molecule has 13 heteroatoms. The largest absolute Gasteiger partial charge is 0.493 e. The number of methoxy groups -OCH3 is 2. The van der Waals surface area contributed by atoms with Gasteiger partial charge >= 0.3 is 24.1 Å². The number of nitrogens with one attached hydrogen (secondary N) is 2. The van der Waals surface area contributed by atoms with Crippen molar-refractivity contribution in [2.75, 3.05) is 20.8 Å². The summed E-state index contributed by atoms with van der Waals surface area (Å²) < 4.78 is 34.0. The average molecular weight is 726 g/mol. The Hall–Kier alpha value is -4.52. The summed E-state index contributed by atoms with van der Waals surface area (Å²) >= 11 is 0. The normalized spacial score (nSPS) is 16.8. The molecule has 0 saturated heterocycles. The van der Waals surface area contributed by atoms with Crippen molar-refractivity contribution in [2.24, 2.45) is 11.8 Å². The van der Waals surface area contributed by atoms with Crippen molar-refractivity contribution in [1.82, 2.24) is 15.5 Å². The molecule has 0 bridgehead atoms. The molecule has 2 N–H and O–H groups in total. The smallest absolute Gasteiger partial charge is 0.408 e. The highest BCUT2D eigenvalue weighted by Gasteiger charge is 2.37. The van der Waals surface area contributed by atoms with Gasteiger partial charge in [0.15, 0.2) is 23.0 Å². The zero-order valence-corrected chi connectivity index (χ0v) is 32.6. The molecule has 0 saturated carbocycles. The van der Waals surface area contributed by atoms with Crippen LogP contribution in [0.3, 0.4) is 0 Å². The Labute approximate surface area is 307 Å². The molecular formula is C39H55N3O10. The van der Waals surface area contributed by atoms with Gasteiger partial charge in [-0.25, -0.2) is 19.2 Å². The van der Waals surface area contributed by atoms with Gasteiger partial charge in [0, 0.05) is 24.7 Å². The van der Waals surface area contributed by atoms with Crippen molar-refractivity contribution in [2.45, 2.75) is 118 Å². The van der Waals surface area contributed by atoms with Crippen LogP contribution >= 0.6 is 0 Å². The Morgan fingerprint density at radius 1 is 0.731 bits per heavy atom. The topological polar surface area (TPSA) is 151 Å². The molecule has 2 aliphatic heterocycles. The van der Waals surface area contributed by atoms with Crippen LogP contribution in [0, 0.1) is 11.8 Å². The van der Waals surface area contributed by atoms with Crippen molar-refractivity contribution in [3.05, 3.63) is 46.5 Å². The van der Waals surface area contributed by atoms with Crippen LogP contribution in [0.5, 0.6) is 23.0 Å². The van der Waals surface area contributed by atoms with E-state index in [1.165, 1.54) is 7.11 Å². The van der Waals surface area contributed by atoms with E-state index < -0.39 is 47.4 Å². The number of carbonyl (C=O) groups excluding carboxylic acids is 4. The molecule has 0 fully saturated rings. The summed E-state index contributed by atoms with van der Waals surface area (Å²) in [6.45, 7) is 19.0. The van der Waals surface area contributed by atoms with Gasteiger partial charge in [-0.3, -0.25) is 4.90 Å². The summed E-state index contributed by atoms with van der Waals surface area (Å²) in [4.78, 5) is 54.2. The minimum Gasteiger partial charge on any atom is -0.493 e. The third-order valence-corrected chi connectivity index (χ3v) is 8.80. The second-order valence-corrected chi connectivity index (χ2v) is 16.0. The van der Waals surface area contributed by atoms with Crippen molar-refractivity contribution in [3.63, 3.8) is 0 Å². The summed E-state index contributed by atoms with van der Waals surface area (Å²) in [6.07, 6.45) is -0.0624. The van der Waals surface area contributed by atoms with Crippen molar-refractivity contribution in [3.8, 4) is 23.0 Å². The first-order valence-electron chi connectivity index (χ1n) is 17.8. The molecule has 2 aromatic rings. The number of benzene rings is 2. The van der Waals surface area contributed by atoms with E-state index in [9.17, 15) is 19.2 Å². The molecule has 2 aromatic carbocycles. The van der Waals surface area contributed by atoms with Crippen LogP contribution in [0.2, 0.25) is 0 Å². The molecular weight excluding hydrogens is 670 g/mol. The van der Waals surface area contributed by atoms with E-state index in [0.29, 0.717) is 24.5 Å². The number of rotatable bonds is 10. The van der Waals surface area contributed by atoms with Gasteiger partial charge in [0.25, 0.3) is 0 Å². The molecule has 2 aliphatic rings. The number of nitrogens with zero attached hydrogens (tertiary/aromatic N) is 1. The number of hydrogen-bond acceptors (Lipinski definition) is 11. The number of carbonyl (C=O) groups is 4. The van der Waals surface area contributed by atoms with E-state index in [0.717, 1.165) is 35.2 Å². The second kappa shape index (κ2) is 16.0. The quantitative estimate of drug-likeness (QED) is 0.211. The molecule has 0 radical (unpaired) electrons. The molecule has 52 heavy (non-hydrogen) atoms. The molecule has 1 unspecified atom stereocenters. The molecule has 13 nitrogen and oxygen atoms in total. The van der Waals surface area contributed by atoms with E-state index >= 15 is 0 Å².